The Labute approximate surface area is 122 Å². The summed E-state index contributed by atoms with van der Waals surface area (Å²) in [5.74, 6) is -1.92. The zero-order valence-electron chi connectivity index (χ0n) is 12.3. The summed E-state index contributed by atoms with van der Waals surface area (Å²) in [5, 5.41) is 8.69. The summed E-state index contributed by atoms with van der Waals surface area (Å²) in [4.78, 5) is 31.6. The normalized spacial score (nSPS) is 10.1. The molecule has 0 fully saturated rings. The van der Waals surface area contributed by atoms with Gasteiger partial charge in [-0.25, -0.2) is 4.79 Å². The molecule has 21 heavy (non-hydrogen) atoms. The van der Waals surface area contributed by atoms with Crippen LogP contribution >= 0.6 is 0 Å². The summed E-state index contributed by atoms with van der Waals surface area (Å²) < 4.78 is 4.69. The second-order valence-electron chi connectivity index (χ2n) is 4.85. The molecule has 0 radical (unpaired) electrons. The zero-order valence-corrected chi connectivity index (χ0v) is 12.3. The van der Waals surface area contributed by atoms with Crippen LogP contribution in [0.1, 0.15) is 31.1 Å². The monoisotopic (exact) mass is 296 g/mol. The molecule has 1 amide bonds. The van der Waals surface area contributed by atoms with Crippen LogP contribution in [0.3, 0.4) is 0 Å². The molecule has 116 valence electrons. The van der Waals surface area contributed by atoms with E-state index in [0.717, 1.165) is 0 Å². The Hall–Kier alpha value is -2.41. The highest BCUT2D eigenvalue weighted by molar-refractivity contribution is 5.91. The number of esters is 1. The van der Waals surface area contributed by atoms with Crippen LogP contribution in [0.4, 0.5) is 0 Å². The van der Waals surface area contributed by atoms with E-state index < -0.39 is 17.4 Å². The summed E-state index contributed by atoms with van der Waals surface area (Å²) in [6.07, 6.45) is 0. The molecule has 1 aromatic carbocycles. The first-order valence-electron chi connectivity index (χ1n) is 6.12. The molecule has 0 unspecified atom stereocenters. The molecular formula is C14H20N2O5. The van der Waals surface area contributed by atoms with Crippen LogP contribution in [0, 0.1) is 5.41 Å². The molecule has 7 heteroatoms. The van der Waals surface area contributed by atoms with Gasteiger partial charge in [-0.15, -0.1) is 0 Å². The summed E-state index contributed by atoms with van der Waals surface area (Å²) in [7, 11) is 0. The number of para-hydroxylation sites is 1. The minimum absolute atomic E-state index is 0.0160. The van der Waals surface area contributed by atoms with Crippen molar-refractivity contribution in [1.82, 2.24) is 0 Å². The van der Waals surface area contributed by atoms with Crippen LogP contribution in [0.15, 0.2) is 24.3 Å². The van der Waals surface area contributed by atoms with Crippen LogP contribution in [0.25, 0.3) is 0 Å². The van der Waals surface area contributed by atoms with Gasteiger partial charge in [0.2, 0.25) is 5.91 Å². The number of hydrogen-bond acceptors (Lipinski definition) is 5. The molecule has 5 N–H and O–H groups in total. The molecule has 0 aliphatic carbocycles. The van der Waals surface area contributed by atoms with Crippen molar-refractivity contribution in [2.45, 2.75) is 20.8 Å². The highest BCUT2D eigenvalue weighted by Crippen LogP contribution is 2.17. The van der Waals surface area contributed by atoms with Gasteiger partial charge in [0, 0.05) is 13.5 Å². The van der Waals surface area contributed by atoms with Gasteiger partial charge in [0.05, 0.1) is 5.41 Å². The van der Waals surface area contributed by atoms with E-state index in [1.807, 2.05) is 0 Å². The average molecular weight is 296 g/mol. The van der Waals surface area contributed by atoms with Gasteiger partial charge in [-0.05, 0) is 26.0 Å². The second-order valence-corrected chi connectivity index (χ2v) is 4.85. The highest BCUT2D eigenvalue weighted by Gasteiger charge is 2.21. The van der Waals surface area contributed by atoms with Crippen LogP contribution in [0.2, 0.25) is 0 Å². The Morgan fingerprint density at radius 2 is 1.76 bits per heavy atom. The maximum atomic E-state index is 10.6. The number of benzene rings is 1. The third kappa shape index (κ3) is 6.53. The largest absolute Gasteiger partial charge is 0.478 e. The number of nitrogens with two attached hydrogens (primary N) is 2. The van der Waals surface area contributed by atoms with E-state index in [0.29, 0.717) is 6.54 Å². The quantitative estimate of drug-likeness (QED) is 0.555. The molecule has 1 rings (SSSR count). The number of primary amides is 1. The molecule has 0 atom stereocenters. The second kappa shape index (κ2) is 8.01. The fraction of sp³-hybridized carbons (Fsp3) is 0.357. The SMILES string of the molecule is CC(=O)Oc1ccccc1C(=O)O.CC(C)(CN)C(N)=O. The smallest absolute Gasteiger partial charge is 0.339 e. The van der Waals surface area contributed by atoms with Crippen molar-refractivity contribution >= 4 is 17.8 Å². The fourth-order valence-corrected chi connectivity index (χ4v) is 0.988. The fourth-order valence-electron chi connectivity index (χ4n) is 0.988. The lowest BCUT2D eigenvalue weighted by molar-refractivity contribution is -0.132. The van der Waals surface area contributed by atoms with Crippen LogP contribution in [-0.4, -0.2) is 29.5 Å². The number of carboxylic acid groups (broad SMARTS) is 1. The summed E-state index contributed by atoms with van der Waals surface area (Å²) >= 11 is 0. The van der Waals surface area contributed by atoms with Gasteiger partial charge in [0.15, 0.2) is 0 Å². The number of aromatic carboxylic acids is 1. The molecule has 7 nitrogen and oxygen atoms in total. The molecule has 0 heterocycles. The number of carboxylic acids is 1. The first-order chi connectivity index (χ1) is 9.61. The van der Waals surface area contributed by atoms with Gasteiger partial charge in [-0.2, -0.15) is 0 Å². The maximum Gasteiger partial charge on any atom is 0.339 e. The number of amides is 1. The summed E-state index contributed by atoms with van der Waals surface area (Å²) in [5.41, 5.74) is 9.61. The third-order valence-corrected chi connectivity index (χ3v) is 2.55. The molecule has 0 spiro atoms. The lowest BCUT2D eigenvalue weighted by atomic mass is 9.93. The Bertz CT molecular complexity index is 526. The van der Waals surface area contributed by atoms with E-state index in [9.17, 15) is 14.4 Å². The molecule has 0 bridgehead atoms. The standard InChI is InChI=1S/C9H8O4.C5H12N2O/c1-6(10)13-8-5-3-2-4-7(8)9(11)12;1-5(2,3-6)4(7)8/h2-5H,1H3,(H,11,12);3,6H2,1-2H3,(H2,7,8). The maximum absolute atomic E-state index is 10.6. The van der Waals surface area contributed by atoms with Crippen molar-refractivity contribution in [3.8, 4) is 5.75 Å². The van der Waals surface area contributed by atoms with Gasteiger partial charge < -0.3 is 21.3 Å². The third-order valence-electron chi connectivity index (χ3n) is 2.55. The molecule has 0 aliphatic rings. The van der Waals surface area contributed by atoms with Crippen molar-refractivity contribution in [3.63, 3.8) is 0 Å². The lowest BCUT2D eigenvalue weighted by Crippen LogP contribution is -2.37. The lowest BCUT2D eigenvalue weighted by Gasteiger charge is -2.16. The minimum Gasteiger partial charge on any atom is -0.478 e. The number of ether oxygens (including phenoxy) is 1. The molecule has 0 saturated heterocycles. The van der Waals surface area contributed by atoms with Gasteiger partial charge in [0.25, 0.3) is 0 Å². The number of carbonyl (C=O) groups excluding carboxylic acids is 2. The molecule has 0 aliphatic heterocycles. The first-order valence-corrected chi connectivity index (χ1v) is 6.12. The predicted molar refractivity (Wildman–Crippen MR) is 76.7 cm³/mol. The van der Waals surface area contributed by atoms with E-state index in [1.165, 1.54) is 19.1 Å². The van der Waals surface area contributed by atoms with Gasteiger partial charge in [-0.1, -0.05) is 12.1 Å². The molecule has 0 aromatic heterocycles. The number of hydrogen-bond donors (Lipinski definition) is 3. The van der Waals surface area contributed by atoms with E-state index >= 15 is 0 Å². The van der Waals surface area contributed by atoms with Gasteiger partial charge >= 0.3 is 11.9 Å². The highest BCUT2D eigenvalue weighted by atomic mass is 16.5. The van der Waals surface area contributed by atoms with Crippen molar-refractivity contribution in [2.24, 2.45) is 16.9 Å². The van der Waals surface area contributed by atoms with Crippen molar-refractivity contribution < 1.29 is 24.2 Å². The molecular weight excluding hydrogens is 276 g/mol. The zero-order chi connectivity index (χ0) is 16.6. The molecule has 0 saturated carbocycles. The van der Waals surface area contributed by atoms with E-state index in [4.69, 9.17) is 16.6 Å². The first kappa shape index (κ1) is 18.6. The number of rotatable bonds is 4. The average Bonchev–Trinajstić information content (AvgIpc) is 2.39. The van der Waals surface area contributed by atoms with Crippen LogP contribution in [-0.2, 0) is 9.59 Å². The van der Waals surface area contributed by atoms with E-state index in [1.54, 1.807) is 26.0 Å². The van der Waals surface area contributed by atoms with Crippen LogP contribution < -0.4 is 16.2 Å². The van der Waals surface area contributed by atoms with Crippen molar-refractivity contribution in [3.05, 3.63) is 29.8 Å². The Balaban J connectivity index is 0.000000433. The Morgan fingerprint density at radius 3 is 2.10 bits per heavy atom. The minimum atomic E-state index is -1.11. The van der Waals surface area contributed by atoms with Gasteiger partial charge in [-0.3, -0.25) is 9.59 Å². The van der Waals surface area contributed by atoms with E-state index in [2.05, 4.69) is 4.74 Å². The molecule has 1 aromatic rings. The topological polar surface area (TPSA) is 133 Å². The Morgan fingerprint density at radius 1 is 1.24 bits per heavy atom. The Kier molecular flexibility index (Phi) is 7.09. The summed E-state index contributed by atoms with van der Waals surface area (Å²) in [6.45, 7) is 4.96. The number of carbonyl (C=O) groups is 3. The van der Waals surface area contributed by atoms with E-state index in [-0.39, 0.29) is 17.2 Å². The van der Waals surface area contributed by atoms with Crippen molar-refractivity contribution in [1.29, 1.82) is 0 Å². The van der Waals surface area contributed by atoms with Crippen LogP contribution in [0.5, 0.6) is 5.75 Å². The van der Waals surface area contributed by atoms with Crippen molar-refractivity contribution in [2.75, 3.05) is 6.54 Å². The predicted octanol–water partition coefficient (Wildman–Crippen LogP) is 0.767. The van der Waals surface area contributed by atoms with Gasteiger partial charge in [0.1, 0.15) is 11.3 Å². The summed E-state index contributed by atoms with van der Waals surface area (Å²) in [6, 6.07) is 5.98.